The number of amides is 1. The summed E-state index contributed by atoms with van der Waals surface area (Å²) in [6.45, 7) is 1.69. The quantitative estimate of drug-likeness (QED) is 0.848. The summed E-state index contributed by atoms with van der Waals surface area (Å²) in [6, 6.07) is 4.88. The van der Waals surface area contributed by atoms with E-state index in [4.69, 9.17) is 21.1 Å². The molecule has 1 N–H and O–H groups in total. The zero-order valence-electron chi connectivity index (χ0n) is 11.3. The molecule has 1 aromatic carbocycles. The first-order chi connectivity index (χ1) is 9.51. The van der Waals surface area contributed by atoms with Gasteiger partial charge in [0.25, 0.3) is 5.91 Å². The molecule has 2 rings (SSSR count). The van der Waals surface area contributed by atoms with Crippen molar-refractivity contribution in [2.45, 2.75) is 13.3 Å². The van der Waals surface area contributed by atoms with Crippen LogP contribution >= 0.6 is 11.6 Å². The van der Waals surface area contributed by atoms with Gasteiger partial charge in [-0.2, -0.15) is 0 Å². The molecule has 0 aliphatic heterocycles. The topological polar surface area (TPSA) is 64.6 Å². The summed E-state index contributed by atoms with van der Waals surface area (Å²) in [5.41, 5.74) is 0.525. The Morgan fingerprint density at radius 3 is 2.70 bits per heavy atom. The summed E-state index contributed by atoms with van der Waals surface area (Å²) in [4.78, 5) is 23.1. The molecule has 1 aliphatic rings. The van der Waals surface area contributed by atoms with Gasteiger partial charge < -0.3 is 14.8 Å². The van der Waals surface area contributed by atoms with Crippen LogP contribution in [0.5, 0.6) is 5.75 Å². The van der Waals surface area contributed by atoms with E-state index in [9.17, 15) is 9.59 Å². The summed E-state index contributed by atoms with van der Waals surface area (Å²) in [6.07, 6.45) is 0.842. The van der Waals surface area contributed by atoms with Gasteiger partial charge in [-0.1, -0.05) is 18.5 Å². The van der Waals surface area contributed by atoms with Crippen LogP contribution in [0, 0.1) is 11.8 Å². The second-order valence-corrected chi connectivity index (χ2v) is 5.23. The fourth-order valence-corrected chi connectivity index (χ4v) is 2.09. The number of benzene rings is 1. The van der Waals surface area contributed by atoms with Crippen LogP contribution in [-0.2, 0) is 14.3 Å². The minimum Gasteiger partial charge on any atom is -0.495 e. The lowest BCUT2D eigenvalue weighted by molar-refractivity contribution is -0.148. The first kappa shape index (κ1) is 14.7. The van der Waals surface area contributed by atoms with Crippen molar-refractivity contribution in [1.82, 2.24) is 0 Å². The molecule has 0 bridgehead atoms. The molecule has 2 atom stereocenters. The largest absolute Gasteiger partial charge is 0.495 e. The van der Waals surface area contributed by atoms with Crippen LogP contribution in [0.1, 0.15) is 13.3 Å². The van der Waals surface area contributed by atoms with Gasteiger partial charge in [0, 0.05) is 5.69 Å². The first-order valence-electron chi connectivity index (χ1n) is 6.31. The lowest BCUT2D eigenvalue weighted by Gasteiger charge is -2.08. The van der Waals surface area contributed by atoms with E-state index in [0.717, 1.165) is 6.42 Å². The highest BCUT2D eigenvalue weighted by atomic mass is 35.5. The summed E-state index contributed by atoms with van der Waals surface area (Å²) < 4.78 is 9.95. The van der Waals surface area contributed by atoms with Crippen molar-refractivity contribution in [1.29, 1.82) is 0 Å². The number of hydrogen-bond donors (Lipinski definition) is 1. The molecule has 5 nitrogen and oxygen atoms in total. The molecule has 108 valence electrons. The fourth-order valence-electron chi connectivity index (χ4n) is 1.84. The van der Waals surface area contributed by atoms with Crippen LogP contribution in [0.15, 0.2) is 18.2 Å². The minimum atomic E-state index is -0.395. The third-order valence-corrected chi connectivity index (χ3v) is 3.49. The van der Waals surface area contributed by atoms with E-state index in [1.807, 2.05) is 6.92 Å². The molecule has 1 saturated carbocycles. The van der Waals surface area contributed by atoms with E-state index in [1.165, 1.54) is 7.11 Å². The molecule has 6 heteroatoms. The molecule has 0 saturated heterocycles. The molecule has 0 aromatic heterocycles. The third kappa shape index (κ3) is 3.63. The van der Waals surface area contributed by atoms with E-state index in [0.29, 0.717) is 22.4 Å². The SMILES string of the molecule is COc1ccc(NC(=O)COC(=O)[C@@H]2C[C@@H]2C)cc1Cl. The van der Waals surface area contributed by atoms with Crippen LogP contribution in [0.3, 0.4) is 0 Å². The molecular weight excluding hydrogens is 282 g/mol. The van der Waals surface area contributed by atoms with Crippen molar-refractivity contribution in [3.05, 3.63) is 23.2 Å². The molecule has 0 radical (unpaired) electrons. The van der Waals surface area contributed by atoms with Gasteiger partial charge in [-0.25, -0.2) is 0 Å². The Hall–Kier alpha value is -1.75. The third-order valence-electron chi connectivity index (χ3n) is 3.19. The highest BCUT2D eigenvalue weighted by Gasteiger charge is 2.40. The molecule has 1 aliphatic carbocycles. The van der Waals surface area contributed by atoms with Crippen LogP contribution in [0.25, 0.3) is 0 Å². The molecule has 20 heavy (non-hydrogen) atoms. The molecule has 1 amide bonds. The van der Waals surface area contributed by atoms with Crippen molar-refractivity contribution >= 4 is 29.2 Å². The fraction of sp³-hybridized carbons (Fsp3) is 0.429. The Morgan fingerprint density at radius 2 is 2.15 bits per heavy atom. The van der Waals surface area contributed by atoms with Crippen LogP contribution in [0.2, 0.25) is 5.02 Å². The van der Waals surface area contributed by atoms with Gasteiger partial charge >= 0.3 is 5.97 Å². The van der Waals surface area contributed by atoms with Gasteiger partial charge in [0.15, 0.2) is 6.61 Å². The van der Waals surface area contributed by atoms with Crippen molar-refractivity contribution in [2.75, 3.05) is 19.0 Å². The van der Waals surface area contributed by atoms with Gasteiger partial charge in [-0.05, 0) is 30.5 Å². The Morgan fingerprint density at radius 1 is 1.45 bits per heavy atom. The number of hydrogen-bond acceptors (Lipinski definition) is 4. The van der Waals surface area contributed by atoms with Crippen molar-refractivity contribution in [3.63, 3.8) is 0 Å². The predicted molar refractivity (Wildman–Crippen MR) is 74.9 cm³/mol. The molecule has 0 spiro atoms. The Balaban J connectivity index is 1.82. The zero-order chi connectivity index (χ0) is 14.7. The van der Waals surface area contributed by atoms with E-state index in [-0.39, 0.29) is 18.5 Å². The Bertz CT molecular complexity index is 532. The molecule has 0 heterocycles. The lowest BCUT2D eigenvalue weighted by Crippen LogP contribution is -2.21. The number of anilines is 1. The summed E-state index contributed by atoms with van der Waals surface area (Å²) in [5.74, 6) is 0.149. The zero-order valence-corrected chi connectivity index (χ0v) is 12.1. The van der Waals surface area contributed by atoms with Crippen molar-refractivity contribution in [3.8, 4) is 5.75 Å². The van der Waals surface area contributed by atoms with E-state index in [1.54, 1.807) is 18.2 Å². The summed E-state index contributed by atoms with van der Waals surface area (Å²) in [5, 5.41) is 3.00. The molecular formula is C14H16ClNO4. The predicted octanol–water partition coefficient (Wildman–Crippen LogP) is 2.49. The van der Waals surface area contributed by atoms with E-state index >= 15 is 0 Å². The minimum absolute atomic E-state index is 0.0433. The summed E-state index contributed by atoms with van der Waals surface area (Å²) >= 11 is 5.94. The van der Waals surface area contributed by atoms with Gasteiger partial charge in [0.05, 0.1) is 18.1 Å². The van der Waals surface area contributed by atoms with E-state index < -0.39 is 5.91 Å². The Kier molecular flexibility index (Phi) is 4.49. The van der Waals surface area contributed by atoms with Gasteiger partial charge in [-0.15, -0.1) is 0 Å². The number of rotatable bonds is 5. The number of esters is 1. The molecule has 1 aromatic rings. The maximum absolute atomic E-state index is 11.6. The average molecular weight is 298 g/mol. The van der Waals surface area contributed by atoms with Crippen LogP contribution in [-0.4, -0.2) is 25.6 Å². The maximum Gasteiger partial charge on any atom is 0.309 e. The van der Waals surface area contributed by atoms with Crippen molar-refractivity contribution in [2.24, 2.45) is 11.8 Å². The normalized spacial score (nSPS) is 20.1. The number of methoxy groups -OCH3 is 1. The lowest BCUT2D eigenvalue weighted by atomic mass is 10.3. The highest BCUT2D eigenvalue weighted by Crippen LogP contribution is 2.38. The number of carbonyl (C=O) groups is 2. The van der Waals surface area contributed by atoms with Gasteiger partial charge in [0.2, 0.25) is 0 Å². The average Bonchev–Trinajstić information content (AvgIpc) is 3.13. The smallest absolute Gasteiger partial charge is 0.309 e. The molecule has 0 unspecified atom stereocenters. The number of carbonyl (C=O) groups excluding carboxylic acids is 2. The standard InChI is InChI=1S/C14H16ClNO4/c1-8-5-10(8)14(18)20-7-13(17)16-9-3-4-12(19-2)11(15)6-9/h3-4,6,8,10H,5,7H2,1-2H3,(H,16,17)/t8-,10+/m0/s1. The number of nitrogens with one attached hydrogen (secondary N) is 1. The van der Waals surface area contributed by atoms with Crippen LogP contribution in [0.4, 0.5) is 5.69 Å². The summed E-state index contributed by atoms with van der Waals surface area (Å²) in [7, 11) is 1.51. The second-order valence-electron chi connectivity index (χ2n) is 4.82. The van der Waals surface area contributed by atoms with Crippen LogP contribution < -0.4 is 10.1 Å². The molecule has 1 fully saturated rings. The number of ether oxygens (including phenoxy) is 2. The van der Waals surface area contributed by atoms with Gasteiger partial charge in [-0.3, -0.25) is 9.59 Å². The van der Waals surface area contributed by atoms with E-state index in [2.05, 4.69) is 5.32 Å². The van der Waals surface area contributed by atoms with Gasteiger partial charge in [0.1, 0.15) is 5.75 Å². The Labute approximate surface area is 122 Å². The van der Waals surface area contributed by atoms with Crippen molar-refractivity contribution < 1.29 is 19.1 Å². The monoisotopic (exact) mass is 297 g/mol. The highest BCUT2D eigenvalue weighted by molar-refractivity contribution is 6.32. The maximum atomic E-state index is 11.6. The second kappa shape index (κ2) is 6.13. The number of halogens is 1. The first-order valence-corrected chi connectivity index (χ1v) is 6.69.